The Morgan fingerprint density at radius 1 is 0.867 bits per heavy atom. The summed E-state index contributed by atoms with van der Waals surface area (Å²) in [5.41, 5.74) is 4.27. The van der Waals surface area contributed by atoms with Crippen molar-refractivity contribution in [1.82, 2.24) is 4.90 Å². The standard InChI is InChI=1S/C27H29NO2/c1-30-26(29)27(18-10-16-24-15-8-9-17-25(24)27)21-28(19-22-11-4-2-5-12-22)20-23-13-6-3-7-14-23/h2-9,11-15,17H,10,16,18-21H2,1H3/t27-/m0/s1. The third-order valence-corrected chi connectivity index (χ3v) is 6.15. The van der Waals surface area contributed by atoms with Crippen LogP contribution in [0.4, 0.5) is 0 Å². The van der Waals surface area contributed by atoms with Gasteiger partial charge in [0.2, 0.25) is 0 Å². The average Bonchev–Trinajstić information content (AvgIpc) is 2.80. The van der Waals surface area contributed by atoms with Gasteiger partial charge in [0.25, 0.3) is 0 Å². The molecule has 0 radical (unpaired) electrons. The average molecular weight is 400 g/mol. The van der Waals surface area contributed by atoms with Crippen LogP contribution in [0, 0.1) is 0 Å². The maximum Gasteiger partial charge on any atom is 0.317 e. The molecule has 30 heavy (non-hydrogen) atoms. The van der Waals surface area contributed by atoms with Gasteiger partial charge in [0.05, 0.1) is 7.11 Å². The van der Waals surface area contributed by atoms with E-state index in [1.54, 1.807) is 0 Å². The molecule has 0 amide bonds. The molecule has 0 saturated heterocycles. The molecule has 0 unspecified atom stereocenters. The number of fused-ring (bicyclic) bond motifs is 1. The van der Waals surface area contributed by atoms with Crippen molar-refractivity contribution in [2.24, 2.45) is 0 Å². The Hall–Kier alpha value is -2.91. The van der Waals surface area contributed by atoms with E-state index in [4.69, 9.17) is 4.74 Å². The molecule has 3 nitrogen and oxygen atoms in total. The first-order valence-corrected chi connectivity index (χ1v) is 10.7. The number of hydrogen-bond acceptors (Lipinski definition) is 3. The first-order valence-electron chi connectivity index (χ1n) is 10.7. The lowest BCUT2D eigenvalue weighted by molar-refractivity contribution is -0.149. The second-order valence-corrected chi connectivity index (χ2v) is 8.20. The molecule has 3 aromatic rings. The van der Waals surface area contributed by atoms with Crippen molar-refractivity contribution in [2.45, 2.75) is 37.8 Å². The third kappa shape index (κ3) is 4.31. The summed E-state index contributed by atoms with van der Waals surface area (Å²) in [6.07, 6.45) is 2.83. The highest BCUT2D eigenvalue weighted by molar-refractivity contribution is 5.84. The summed E-state index contributed by atoms with van der Waals surface area (Å²) < 4.78 is 5.39. The number of methoxy groups -OCH3 is 1. The van der Waals surface area contributed by atoms with E-state index in [1.807, 2.05) is 18.2 Å². The molecular weight excluding hydrogens is 370 g/mol. The fourth-order valence-corrected chi connectivity index (χ4v) is 4.79. The van der Waals surface area contributed by atoms with Crippen LogP contribution in [0.25, 0.3) is 0 Å². The van der Waals surface area contributed by atoms with Gasteiger partial charge in [-0.2, -0.15) is 0 Å². The highest BCUT2D eigenvalue weighted by Gasteiger charge is 2.45. The third-order valence-electron chi connectivity index (χ3n) is 6.15. The van der Waals surface area contributed by atoms with Gasteiger partial charge in [-0.3, -0.25) is 9.69 Å². The molecule has 0 spiro atoms. The number of nitrogens with zero attached hydrogens (tertiary/aromatic N) is 1. The van der Waals surface area contributed by atoms with Crippen LogP contribution in [0.3, 0.4) is 0 Å². The second kappa shape index (κ2) is 9.27. The van der Waals surface area contributed by atoms with Crippen LogP contribution in [0.15, 0.2) is 84.9 Å². The Balaban J connectivity index is 1.71. The van der Waals surface area contributed by atoms with Crippen LogP contribution in [0.5, 0.6) is 0 Å². The molecular formula is C27H29NO2. The molecule has 0 saturated carbocycles. The molecule has 3 aromatic carbocycles. The lowest BCUT2D eigenvalue weighted by Crippen LogP contribution is -2.49. The molecule has 154 valence electrons. The van der Waals surface area contributed by atoms with Gasteiger partial charge >= 0.3 is 5.97 Å². The lowest BCUT2D eigenvalue weighted by atomic mass is 9.69. The Morgan fingerprint density at radius 2 is 1.43 bits per heavy atom. The van der Waals surface area contributed by atoms with Crippen LogP contribution < -0.4 is 0 Å². The molecule has 4 rings (SSSR count). The van der Waals surface area contributed by atoms with Crippen LogP contribution >= 0.6 is 0 Å². The molecule has 0 heterocycles. The number of esters is 1. The van der Waals surface area contributed by atoms with Gasteiger partial charge in [0, 0.05) is 19.6 Å². The summed E-state index contributed by atoms with van der Waals surface area (Å²) in [7, 11) is 1.51. The molecule has 0 N–H and O–H groups in total. The van der Waals surface area contributed by atoms with Crippen molar-refractivity contribution in [2.75, 3.05) is 13.7 Å². The van der Waals surface area contributed by atoms with Gasteiger partial charge < -0.3 is 4.74 Å². The zero-order valence-corrected chi connectivity index (χ0v) is 17.6. The summed E-state index contributed by atoms with van der Waals surface area (Å²) in [6.45, 7) is 2.22. The highest BCUT2D eigenvalue weighted by Crippen LogP contribution is 2.39. The van der Waals surface area contributed by atoms with Gasteiger partial charge in [-0.15, -0.1) is 0 Å². The summed E-state index contributed by atoms with van der Waals surface area (Å²) in [6, 6.07) is 29.4. The summed E-state index contributed by atoms with van der Waals surface area (Å²) in [5, 5.41) is 0. The molecule has 0 aromatic heterocycles. The van der Waals surface area contributed by atoms with Crippen molar-refractivity contribution < 1.29 is 9.53 Å². The van der Waals surface area contributed by atoms with Gasteiger partial charge in [-0.1, -0.05) is 84.9 Å². The van der Waals surface area contributed by atoms with Gasteiger partial charge in [0.15, 0.2) is 0 Å². The molecule has 0 aliphatic heterocycles. The molecule has 0 bridgehead atoms. The minimum Gasteiger partial charge on any atom is -0.468 e. The minimum absolute atomic E-state index is 0.124. The lowest BCUT2D eigenvalue weighted by Gasteiger charge is -2.40. The van der Waals surface area contributed by atoms with E-state index < -0.39 is 5.41 Å². The fourth-order valence-electron chi connectivity index (χ4n) is 4.79. The van der Waals surface area contributed by atoms with E-state index in [0.29, 0.717) is 6.54 Å². The fraction of sp³-hybridized carbons (Fsp3) is 0.296. The maximum atomic E-state index is 13.2. The minimum atomic E-state index is -0.632. The number of rotatable bonds is 7. The van der Waals surface area contributed by atoms with E-state index >= 15 is 0 Å². The molecule has 3 heteroatoms. The maximum absolute atomic E-state index is 13.2. The number of aryl methyl sites for hydroxylation is 1. The van der Waals surface area contributed by atoms with Gasteiger partial charge in [-0.05, 0) is 41.5 Å². The zero-order valence-electron chi connectivity index (χ0n) is 17.6. The SMILES string of the molecule is COC(=O)[C@]1(CN(Cc2ccccc2)Cc2ccccc2)CCCc2ccccc21. The number of ether oxygens (including phenoxy) is 1. The number of carbonyl (C=O) groups is 1. The van der Waals surface area contributed by atoms with Crippen LogP contribution in [0.1, 0.15) is 35.1 Å². The van der Waals surface area contributed by atoms with E-state index in [9.17, 15) is 4.79 Å². The Kier molecular flexibility index (Phi) is 6.29. The summed E-state index contributed by atoms with van der Waals surface area (Å²) >= 11 is 0. The Bertz CT molecular complexity index is 929. The normalized spacial score (nSPS) is 18.1. The summed E-state index contributed by atoms with van der Waals surface area (Å²) in [5.74, 6) is -0.124. The van der Waals surface area contributed by atoms with E-state index in [0.717, 1.165) is 37.9 Å². The first-order chi connectivity index (χ1) is 14.7. The zero-order chi connectivity index (χ0) is 20.8. The second-order valence-electron chi connectivity index (χ2n) is 8.20. The largest absolute Gasteiger partial charge is 0.468 e. The van der Waals surface area contributed by atoms with Crippen LogP contribution in [0.2, 0.25) is 0 Å². The predicted octanol–water partition coefficient (Wildman–Crippen LogP) is 5.14. The van der Waals surface area contributed by atoms with Crippen molar-refractivity contribution in [1.29, 1.82) is 0 Å². The Morgan fingerprint density at radius 3 is 2.03 bits per heavy atom. The van der Waals surface area contributed by atoms with Crippen molar-refractivity contribution in [3.63, 3.8) is 0 Å². The van der Waals surface area contributed by atoms with Gasteiger partial charge in [0.1, 0.15) is 5.41 Å². The number of carbonyl (C=O) groups excluding carboxylic acids is 1. The molecule has 1 aliphatic rings. The van der Waals surface area contributed by atoms with Crippen LogP contribution in [-0.4, -0.2) is 24.5 Å². The van der Waals surface area contributed by atoms with Crippen LogP contribution in [-0.2, 0) is 34.5 Å². The van der Waals surface area contributed by atoms with E-state index in [1.165, 1.54) is 23.8 Å². The monoisotopic (exact) mass is 399 g/mol. The first kappa shape index (κ1) is 20.4. The Labute approximate surface area is 179 Å². The smallest absolute Gasteiger partial charge is 0.317 e. The number of hydrogen-bond donors (Lipinski definition) is 0. The highest BCUT2D eigenvalue weighted by atomic mass is 16.5. The topological polar surface area (TPSA) is 29.5 Å². The van der Waals surface area contributed by atoms with Crippen molar-refractivity contribution in [3.8, 4) is 0 Å². The summed E-state index contributed by atoms with van der Waals surface area (Å²) in [4.78, 5) is 15.6. The molecule has 1 atom stereocenters. The van der Waals surface area contributed by atoms with E-state index in [2.05, 4.69) is 71.6 Å². The van der Waals surface area contributed by atoms with E-state index in [-0.39, 0.29) is 5.97 Å². The van der Waals surface area contributed by atoms with Gasteiger partial charge in [-0.25, -0.2) is 0 Å². The molecule has 1 aliphatic carbocycles. The quantitative estimate of drug-likeness (QED) is 0.516. The number of benzene rings is 3. The van der Waals surface area contributed by atoms with Crippen molar-refractivity contribution in [3.05, 3.63) is 107 Å². The molecule has 0 fully saturated rings. The predicted molar refractivity (Wildman–Crippen MR) is 120 cm³/mol. The van der Waals surface area contributed by atoms with Crippen molar-refractivity contribution >= 4 is 5.97 Å².